The highest BCUT2D eigenvalue weighted by molar-refractivity contribution is 7.22. The number of para-hydroxylation sites is 1. The molecule has 5 rings (SSSR count). The molecule has 142 valence electrons. The fraction of sp³-hybridized carbons (Fsp3) is 0.0417. The van der Waals surface area contributed by atoms with Crippen molar-refractivity contribution in [1.29, 1.82) is 0 Å². The van der Waals surface area contributed by atoms with E-state index in [0.29, 0.717) is 5.02 Å². The lowest BCUT2D eigenvalue weighted by Crippen LogP contribution is -2.13. The maximum Gasteiger partial charge on any atom is 0.184 e. The molecule has 2 N–H and O–H groups in total. The lowest BCUT2D eigenvalue weighted by Gasteiger charge is -2.22. The monoisotopic (exact) mass is 416 g/mol. The van der Waals surface area contributed by atoms with Gasteiger partial charge in [0.05, 0.1) is 15.8 Å². The molecule has 3 nitrogen and oxygen atoms in total. The fourth-order valence-electron chi connectivity index (χ4n) is 3.66. The van der Waals surface area contributed by atoms with Gasteiger partial charge in [-0.15, -0.1) is 0 Å². The van der Waals surface area contributed by atoms with Gasteiger partial charge in [0.15, 0.2) is 5.13 Å². The highest BCUT2D eigenvalue weighted by Gasteiger charge is 2.22. The van der Waals surface area contributed by atoms with Crippen molar-refractivity contribution >= 4 is 49.1 Å². The van der Waals surface area contributed by atoms with Crippen LogP contribution in [0.15, 0.2) is 84.9 Å². The van der Waals surface area contributed by atoms with Crippen LogP contribution >= 0.6 is 22.9 Å². The van der Waals surface area contributed by atoms with Crippen LogP contribution in [0.3, 0.4) is 0 Å². The molecule has 0 bridgehead atoms. The number of hydrogen-bond donors (Lipinski definition) is 2. The van der Waals surface area contributed by atoms with Gasteiger partial charge in [0.1, 0.15) is 11.3 Å². The second-order valence-corrected chi connectivity index (χ2v) is 8.25. The first-order chi connectivity index (χ1) is 14.2. The molecular weight excluding hydrogens is 400 g/mol. The van der Waals surface area contributed by atoms with E-state index in [4.69, 9.17) is 16.6 Å². The molecule has 1 aromatic heterocycles. The van der Waals surface area contributed by atoms with Gasteiger partial charge in [-0.2, -0.15) is 0 Å². The maximum atomic E-state index is 10.8. The third kappa shape index (κ3) is 3.31. The molecule has 5 heteroatoms. The largest absolute Gasteiger partial charge is 0.508 e. The van der Waals surface area contributed by atoms with Crippen LogP contribution in [-0.2, 0) is 0 Å². The second kappa shape index (κ2) is 7.39. The van der Waals surface area contributed by atoms with Crippen molar-refractivity contribution in [1.82, 2.24) is 4.98 Å². The number of thiazole rings is 1. The summed E-state index contributed by atoms with van der Waals surface area (Å²) in [5.41, 5.74) is 2.67. The molecule has 5 aromatic rings. The van der Waals surface area contributed by atoms with E-state index in [9.17, 15) is 5.11 Å². The Hall–Kier alpha value is -3.08. The van der Waals surface area contributed by atoms with Gasteiger partial charge in [-0.1, -0.05) is 89.7 Å². The molecule has 0 saturated carbocycles. The van der Waals surface area contributed by atoms with Crippen LogP contribution < -0.4 is 5.32 Å². The van der Waals surface area contributed by atoms with Crippen LogP contribution in [-0.4, -0.2) is 10.1 Å². The summed E-state index contributed by atoms with van der Waals surface area (Å²) in [6, 6.07) is 27.4. The number of nitrogens with zero attached hydrogens (tertiary/aromatic N) is 1. The maximum absolute atomic E-state index is 10.8. The van der Waals surface area contributed by atoms with Crippen LogP contribution in [0.2, 0.25) is 5.02 Å². The van der Waals surface area contributed by atoms with E-state index in [0.717, 1.165) is 37.2 Å². The number of nitrogens with one attached hydrogen (secondary N) is 1. The molecule has 1 atom stereocenters. The van der Waals surface area contributed by atoms with Gasteiger partial charge < -0.3 is 10.4 Å². The van der Waals surface area contributed by atoms with Gasteiger partial charge in [-0.05, 0) is 34.5 Å². The topological polar surface area (TPSA) is 45.1 Å². The van der Waals surface area contributed by atoms with Crippen molar-refractivity contribution in [2.45, 2.75) is 6.04 Å². The summed E-state index contributed by atoms with van der Waals surface area (Å²) in [6.07, 6.45) is 0. The molecule has 1 unspecified atom stereocenters. The summed E-state index contributed by atoms with van der Waals surface area (Å²) in [4.78, 5) is 4.71. The lowest BCUT2D eigenvalue weighted by molar-refractivity contribution is 0.468. The molecular formula is C24H17ClN2OS. The first-order valence-corrected chi connectivity index (χ1v) is 10.5. The molecule has 0 saturated heterocycles. The van der Waals surface area contributed by atoms with Crippen molar-refractivity contribution in [3.8, 4) is 5.75 Å². The van der Waals surface area contributed by atoms with Crippen molar-refractivity contribution in [2.24, 2.45) is 0 Å². The number of phenolic OH excluding ortho intramolecular Hbond substituents is 1. The first kappa shape index (κ1) is 18.0. The highest BCUT2D eigenvalue weighted by Crippen LogP contribution is 2.39. The Kier molecular flexibility index (Phi) is 4.58. The zero-order chi connectivity index (χ0) is 19.8. The fourth-order valence-corrected chi connectivity index (χ4v) is 4.85. The van der Waals surface area contributed by atoms with Crippen LogP contribution in [0.4, 0.5) is 5.13 Å². The summed E-state index contributed by atoms with van der Waals surface area (Å²) >= 11 is 7.87. The second-order valence-electron chi connectivity index (χ2n) is 6.81. The van der Waals surface area contributed by atoms with E-state index >= 15 is 0 Å². The average Bonchev–Trinajstić information content (AvgIpc) is 3.17. The summed E-state index contributed by atoms with van der Waals surface area (Å²) in [6.45, 7) is 0. The zero-order valence-electron chi connectivity index (χ0n) is 15.3. The predicted octanol–water partition coefficient (Wildman–Crippen LogP) is 7.01. The molecule has 0 aliphatic rings. The van der Waals surface area contributed by atoms with E-state index in [-0.39, 0.29) is 11.8 Å². The lowest BCUT2D eigenvalue weighted by atomic mass is 9.93. The Balaban J connectivity index is 1.69. The van der Waals surface area contributed by atoms with E-state index in [1.165, 1.54) is 0 Å². The summed E-state index contributed by atoms with van der Waals surface area (Å²) < 4.78 is 1.02. The third-order valence-corrected chi connectivity index (χ3v) is 6.26. The number of aromatic hydroxyl groups is 1. The number of halogens is 1. The van der Waals surface area contributed by atoms with E-state index in [2.05, 4.69) is 23.5 Å². The third-order valence-electron chi connectivity index (χ3n) is 5.01. The predicted molar refractivity (Wildman–Crippen MR) is 122 cm³/mol. The number of rotatable bonds is 4. The number of aromatic nitrogens is 1. The quantitative estimate of drug-likeness (QED) is 0.331. The molecule has 1 heterocycles. The summed E-state index contributed by atoms with van der Waals surface area (Å²) in [5, 5.41) is 17.9. The zero-order valence-corrected chi connectivity index (χ0v) is 16.9. The van der Waals surface area contributed by atoms with Crippen LogP contribution in [0, 0.1) is 0 Å². The van der Waals surface area contributed by atoms with Crippen LogP contribution in [0.25, 0.3) is 21.0 Å². The summed E-state index contributed by atoms with van der Waals surface area (Å²) in [5.74, 6) is 0.254. The van der Waals surface area contributed by atoms with Gasteiger partial charge >= 0.3 is 0 Å². The Labute approximate surface area is 177 Å². The first-order valence-electron chi connectivity index (χ1n) is 9.28. The molecule has 0 aliphatic heterocycles. The number of phenols is 1. The van der Waals surface area contributed by atoms with Gasteiger partial charge in [0.25, 0.3) is 0 Å². The van der Waals surface area contributed by atoms with Gasteiger partial charge in [0.2, 0.25) is 0 Å². The highest BCUT2D eigenvalue weighted by atomic mass is 35.5. The molecule has 0 fully saturated rings. The molecule has 4 aromatic carbocycles. The average molecular weight is 417 g/mol. The van der Waals surface area contributed by atoms with Gasteiger partial charge in [-0.25, -0.2) is 4.98 Å². The number of hydrogen-bond acceptors (Lipinski definition) is 4. The van der Waals surface area contributed by atoms with E-state index in [1.54, 1.807) is 17.4 Å². The normalized spacial score (nSPS) is 12.3. The van der Waals surface area contributed by atoms with Crippen LogP contribution in [0.5, 0.6) is 5.75 Å². The van der Waals surface area contributed by atoms with E-state index in [1.807, 2.05) is 60.7 Å². The molecule has 29 heavy (non-hydrogen) atoms. The molecule has 0 amide bonds. The van der Waals surface area contributed by atoms with Crippen molar-refractivity contribution in [3.05, 3.63) is 101 Å². The summed E-state index contributed by atoms with van der Waals surface area (Å²) in [7, 11) is 0. The smallest absolute Gasteiger partial charge is 0.184 e. The number of benzene rings is 4. The van der Waals surface area contributed by atoms with Gasteiger partial charge in [0, 0.05) is 5.56 Å². The van der Waals surface area contributed by atoms with E-state index < -0.39 is 0 Å². The molecule has 0 radical (unpaired) electrons. The minimum absolute atomic E-state index is 0.254. The Morgan fingerprint density at radius 2 is 1.66 bits per heavy atom. The number of anilines is 1. The van der Waals surface area contributed by atoms with Gasteiger partial charge in [-0.3, -0.25) is 0 Å². The number of fused-ring (bicyclic) bond motifs is 2. The van der Waals surface area contributed by atoms with Crippen molar-refractivity contribution < 1.29 is 5.11 Å². The minimum Gasteiger partial charge on any atom is -0.508 e. The molecule has 0 aliphatic carbocycles. The minimum atomic E-state index is -0.262. The Morgan fingerprint density at radius 1 is 0.862 bits per heavy atom. The van der Waals surface area contributed by atoms with Crippen molar-refractivity contribution in [3.63, 3.8) is 0 Å². The SMILES string of the molecule is Oc1ccc2ccccc2c1C(Nc1nc2c(Cl)cccc2s1)c1ccccc1. The standard InChI is InChI=1S/C24H17ClN2OS/c25-18-11-6-12-20-23(18)27-24(29-20)26-22(16-8-2-1-3-9-16)21-17-10-5-4-7-15(17)13-14-19(21)28/h1-14,22,28H,(H,26,27). The van der Waals surface area contributed by atoms with Crippen molar-refractivity contribution in [2.75, 3.05) is 5.32 Å². The van der Waals surface area contributed by atoms with Crippen LogP contribution in [0.1, 0.15) is 17.2 Å². The Morgan fingerprint density at radius 3 is 2.48 bits per heavy atom. The molecule has 0 spiro atoms. The Bertz CT molecular complexity index is 1320.